The predicted octanol–water partition coefficient (Wildman–Crippen LogP) is 1.72. The summed E-state index contributed by atoms with van der Waals surface area (Å²) in [6.07, 6.45) is 3.20. The summed E-state index contributed by atoms with van der Waals surface area (Å²) in [5.41, 5.74) is 0. The average molecular weight is 297 g/mol. The highest BCUT2D eigenvalue weighted by Crippen LogP contribution is 2.34. The van der Waals surface area contributed by atoms with Gasteiger partial charge in [0.2, 0.25) is 5.09 Å². The number of aliphatic hydroxyl groups is 1. The molecule has 1 saturated carbocycles. The molecule has 0 aliphatic heterocycles. The van der Waals surface area contributed by atoms with Gasteiger partial charge in [0.15, 0.2) is 0 Å². The van der Waals surface area contributed by atoms with Gasteiger partial charge in [-0.1, -0.05) is 0 Å². The first-order chi connectivity index (χ1) is 9.61. The molecule has 0 amide bonds. The molecule has 1 aliphatic rings. The molecule has 2 aromatic rings. The van der Waals surface area contributed by atoms with Gasteiger partial charge in [0, 0.05) is 6.04 Å². The Labute approximate surface area is 116 Å². The van der Waals surface area contributed by atoms with Crippen LogP contribution < -0.4 is 0 Å². The Bertz CT molecular complexity index is 669. The van der Waals surface area contributed by atoms with Crippen LogP contribution in [0.3, 0.4) is 0 Å². The van der Waals surface area contributed by atoms with E-state index in [1.807, 2.05) is 0 Å². The molecule has 0 radical (unpaired) electrons. The molecule has 3 rings (SSSR count). The number of rotatable bonds is 6. The Balaban J connectivity index is 1.89. The molecule has 20 heavy (non-hydrogen) atoms. The van der Waals surface area contributed by atoms with E-state index in [0.29, 0.717) is 5.76 Å². The van der Waals surface area contributed by atoms with Crippen molar-refractivity contribution in [3.8, 4) is 0 Å². The van der Waals surface area contributed by atoms with Crippen LogP contribution in [0, 0.1) is 0 Å². The van der Waals surface area contributed by atoms with E-state index in [1.165, 1.54) is 22.7 Å². The van der Waals surface area contributed by atoms with Crippen LogP contribution in [0.1, 0.15) is 24.4 Å². The Morgan fingerprint density at radius 2 is 2.05 bits per heavy atom. The highest BCUT2D eigenvalue weighted by Gasteiger charge is 2.40. The molecule has 0 unspecified atom stereocenters. The molecule has 2 aromatic heterocycles. The molecule has 1 fully saturated rings. The van der Waals surface area contributed by atoms with Crippen molar-refractivity contribution in [2.45, 2.75) is 37.1 Å². The minimum absolute atomic E-state index is 0.00669. The van der Waals surface area contributed by atoms with Crippen molar-refractivity contribution in [1.82, 2.24) is 4.31 Å². The molecule has 108 valence electrons. The van der Waals surface area contributed by atoms with Gasteiger partial charge in [0.1, 0.15) is 18.1 Å². The van der Waals surface area contributed by atoms with Crippen LogP contribution in [0.2, 0.25) is 0 Å². The summed E-state index contributed by atoms with van der Waals surface area (Å²) in [6.45, 7) is -0.133. The fraction of sp³-hybridized carbons (Fsp3) is 0.385. The monoisotopic (exact) mass is 297 g/mol. The molecule has 2 heterocycles. The lowest BCUT2D eigenvalue weighted by molar-refractivity contribution is 0.234. The highest BCUT2D eigenvalue weighted by atomic mass is 32.2. The van der Waals surface area contributed by atoms with E-state index in [1.54, 1.807) is 12.1 Å². The normalized spacial score (nSPS) is 15.9. The zero-order chi connectivity index (χ0) is 14.2. The van der Waals surface area contributed by atoms with Gasteiger partial charge in [0.25, 0.3) is 10.0 Å². The molecule has 1 aliphatic carbocycles. The molecule has 0 spiro atoms. The Kier molecular flexibility index (Phi) is 3.41. The number of hydrogen-bond donors (Lipinski definition) is 1. The number of aliphatic hydroxyl groups excluding tert-OH is 1. The smallest absolute Gasteiger partial charge is 0.277 e. The standard InChI is InChI=1S/C13H15NO5S/c15-9-12-5-6-13(19-12)20(16,17)14(10-3-4-10)8-11-2-1-7-18-11/h1-2,5-7,10,15H,3-4,8-9H2. The summed E-state index contributed by atoms with van der Waals surface area (Å²) in [5.74, 6) is 0.826. The summed E-state index contributed by atoms with van der Waals surface area (Å²) >= 11 is 0. The van der Waals surface area contributed by atoms with Gasteiger partial charge in [-0.15, -0.1) is 0 Å². The van der Waals surface area contributed by atoms with Crippen molar-refractivity contribution in [1.29, 1.82) is 0 Å². The summed E-state index contributed by atoms with van der Waals surface area (Å²) in [6, 6.07) is 6.30. The zero-order valence-corrected chi connectivity index (χ0v) is 11.5. The molecular formula is C13H15NO5S. The Morgan fingerprint density at radius 1 is 1.25 bits per heavy atom. The van der Waals surface area contributed by atoms with Crippen molar-refractivity contribution in [3.63, 3.8) is 0 Å². The predicted molar refractivity (Wildman–Crippen MR) is 69.1 cm³/mol. The van der Waals surface area contributed by atoms with Crippen LogP contribution in [0.15, 0.2) is 44.5 Å². The molecular weight excluding hydrogens is 282 g/mol. The highest BCUT2D eigenvalue weighted by molar-refractivity contribution is 7.89. The molecule has 6 nitrogen and oxygen atoms in total. The first-order valence-electron chi connectivity index (χ1n) is 6.35. The van der Waals surface area contributed by atoms with E-state index in [9.17, 15) is 8.42 Å². The number of furan rings is 2. The van der Waals surface area contributed by atoms with Gasteiger partial charge in [-0.3, -0.25) is 0 Å². The fourth-order valence-electron chi connectivity index (χ4n) is 2.03. The first-order valence-corrected chi connectivity index (χ1v) is 7.79. The van der Waals surface area contributed by atoms with Crippen molar-refractivity contribution in [3.05, 3.63) is 42.0 Å². The topological polar surface area (TPSA) is 83.9 Å². The van der Waals surface area contributed by atoms with Crippen molar-refractivity contribution in [2.24, 2.45) is 0 Å². The van der Waals surface area contributed by atoms with Gasteiger partial charge in [-0.2, -0.15) is 4.31 Å². The lowest BCUT2D eigenvalue weighted by Gasteiger charge is -2.19. The zero-order valence-electron chi connectivity index (χ0n) is 10.7. The summed E-state index contributed by atoms with van der Waals surface area (Å²) in [4.78, 5) is 0. The summed E-state index contributed by atoms with van der Waals surface area (Å²) < 4.78 is 36.9. The van der Waals surface area contributed by atoms with E-state index in [-0.39, 0.29) is 30.0 Å². The summed E-state index contributed by atoms with van der Waals surface area (Å²) in [7, 11) is -3.71. The van der Waals surface area contributed by atoms with Gasteiger partial charge >= 0.3 is 0 Å². The van der Waals surface area contributed by atoms with Gasteiger partial charge in [-0.25, -0.2) is 8.42 Å². The molecule has 0 bridgehead atoms. The Hall–Kier alpha value is -1.57. The minimum atomic E-state index is -3.71. The quantitative estimate of drug-likeness (QED) is 0.877. The van der Waals surface area contributed by atoms with Crippen LogP contribution in [0.25, 0.3) is 0 Å². The summed E-state index contributed by atoms with van der Waals surface area (Å²) in [5, 5.41) is 8.83. The third-order valence-corrected chi connectivity index (χ3v) is 4.97. The van der Waals surface area contributed by atoms with Crippen molar-refractivity contribution < 1.29 is 22.4 Å². The third kappa shape index (κ3) is 2.52. The SMILES string of the molecule is O=S(=O)(c1ccc(CO)o1)N(Cc1ccco1)C1CC1. The van der Waals surface area contributed by atoms with Gasteiger partial charge in [-0.05, 0) is 37.1 Å². The van der Waals surface area contributed by atoms with E-state index in [0.717, 1.165) is 12.8 Å². The van der Waals surface area contributed by atoms with E-state index >= 15 is 0 Å². The second-order valence-electron chi connectivity index (χ2n) is 4.74. The maximum Gasteiger partial charge on any atom is 0.277 e. The van der Waals surface area contributed by atoms with Gasteiger partial charge < -0.3 is 13.9 Å². The first kappa shape index (κ1) is 13.4. The largest absolute Gasteiger partial charge is 0.468 e. The number of sulfonamides is 1. The molecule has 0 aromatic carbocycles. The molecule has 7 heteroatoms. The van der Waals surface area contributed by atoms with Crippen LogP contribution in [-0.2, 0) is 23.2 Å². The van der Waals surface area contributed by atoms with E-state index < -0.39 is 10.0 Å². The van der Waals surface area contributed by atoms with Gasteiger partial charge in [0.05, 0.1) is 12.8 Å². The van der Waals surface area contributed by atoms with Crippen LogP contribution in [0.5, 0.6) is 0 Å². The van der Waals surface area contributed by atoms with E-state index in [2.05, 4.69) is 0 Å². The van der Waals surface area contributed by atoms with E-state index in [4.69, 9.17) is 13.9 Å². The molecule has 0 saturated heterocycles. The van der Waals surface area contributed by atoms with Crippen LogP contribution in [0.4, 0.5) is 0 Å². The lowest BCUT2D eigenvalue weighted by atomic mass is 10.4. The fourth-order valence-corrected chi connectivity index (χ4v) is 3.61. The second kappa shape index (κ2) is 5.08. The number of nitrogens with zero attached hydrogens (tertiary/aromatic N) is 1. The maximum absolute atomic E-state index is 12.6. The maximum atomic E-state index is 12.6. The Morgan fingerprint density at radius 3 is 2.60 bits per heavy atom. The van der Waals surface area contributed by atoms with Crippen molar-refractivity contribution in [2.75, 3.05) is 0 Å². The lowest BCUT2D eigenvalue weighted by Crippen LogP contribution is -2.32. The third-order valence-electron chi connectivity index (χ3n) is 3.20. The second-order valence-corrected chi connectivity index (χ2v) is 6.56. The molecule has 1 N–H and O–H groups in total. The minimum Gasteiger partial charge on any atom is -0.468 e. The average Bonchev–Trinajstić information content (AvgIpc) is 2.96. The van der Waals surface area contributed by atoms with Crippen LogP contribution in [-0.4, -0.2) is 23.9 Å². The van der Waals surface area contributed by atoms with Crippen molar-refractivity contribution >= 4 is 10.0 Å². The number of hydrogen-bond acceptors (Lipinski definition) is 5. The molecule has 0 atom stereocenters. The van der Waals surface area contributed by atoms with Crippen LogP contribution >= 0.6 is 0 Å².